The van der Waals surface area contributed by atoms with Crippen molar-refractivity contribution in [2.45, 2.75) is 77.5 Å². The van der Waals surface area contributed by atoms with Crippen molar-refractivity contribution in [2.24, 2.45) is 11.8 Å². The quantitative estimate of drug-likeness (QED) is 0.347. The van der Waals surface area contributed by atoms with E-state index in [4.69, 9.17) is 19.4 Å². The minimum atomic E-state index is -0.712. The van der Waals surface area contributed by atoms with Crippen molar-refractivity contribution in [1.82, 2.24) is 40.4 Å². The Morgan fingerprint density at radius 2 is 1.14 bits per heavy atom. The molecule has 0 radical (unpaired) electrons. The number of nitrogens with zero attached hydrogens (tertiary/aromatic N) is 4. The summed E-state index contributed by atoms with van der Waals surface area (Å²) >= 11 is 0. The number of likely N-dealkylation sites (tertiary alicyclic amines) is 2. The van der Waals surface area contributed by atoms with E-state index in [0.717, 1.165) is 25.7 Å². The molecule has 4 rings (SSSR count). The SMILES string of the molecule is COC(=O)N[C@H](C(=O)N1CCC[C@H]1c1nc(-c2c[nH]c([C@@H]3CCCN3C(=O)[C@@H](NC(=O)OC)C(C)C)n2)c[nH]1)C(C)C. The molecule has 2 aromatic heterocycles. The normalized spacial score (nSPS) is 20.1. The van der Waals surface area contributed by atoms with Crippen LogP contribution >= 0.6 is 0 Å². The lowest BCUT2D eigenvalue weighted by atomic mass is 10.0. The van der Waals surface area contributed by atoms with Crippen LogP contribution in [0, 0.1) is 11.8 Å². The van der Waals surface area contributed by atoms with Crippen LogP contribution in [0.3, 0.4) is 0 Å². The zero-order chi connectivity index (χ0) is 30.6. The average Bonchev–Trinajstić information content (AvgIpc) is 3.78. The van der Waals surface area contributed by atoms with Gasteiger partial charge < -0.3 is 39.9 Å². The van der Waals surface area contributed by atoms with Gasteiger partial charge in [0.2, 0.25) is 11.8 Å². The topological polar surface area (TPSA) is 175 Å². The number of carbonyl (C=O) groups excluding carboxylic acids is 4. The van der Waals surface area contributed by atoms with Crippen molar-refractivity contribution >= 4 is 24.0 Å². The highest BCUT2D eigenvalue weighted by Gasteiger charge is 2.39. The van der Waals surface area contributed by atoms with Crippen LogP contribution in [0.5, 0.6) is 0 Å². The summed E-state index contributed by atoms with van der Waals surface area (Å²) in [5.74, 6) is 0.693. The van der Waals surface area contributed by atoms with Gasteiger partial charge in [-0.1, -0.05) is 27.7 Å². The number of H-pyrrole nitrogens is 2. The minimum Gasteiger partial charge on any atom is -0.453 e. The molecule has 2 aromatic rings. The zero-order valence-corrected chi connectivity index (χ0v) is 25.1. The minimum absolute atomic E-state index is 0.124. The number of ether oxygens (including phenoxy) is 2. The van der Waals surface area contributed by atoms with Gasteiger partial charge in [-0.3, -0.25) is 9.59 Å². The van der Waals surface area contributed by atoms with Crippen molar-refractivity contribution < 1.29 is 28.7 Å². The van der Waals surface area contributed by atoms with E-state index in [1.807, 2.05) is 27.7 Å². The van der Waals surface area contributed by atoms with E-state index in [0.29, 0.717) is 36.1 Å². The fourth-order valence-electron chi connectivity index (χ4n) is 5.66. The van der Waals surface area contributed by atoms with Gasteiger partial charge in [0.15, 0.2) is 0 Å². The molecule has 0 aromatic carbocycles. The molecule has 0 aliphatic carbocycles. The number of hydrogen-bond donors (Lipinski definition) is 4. The van der Waals surface area contributed by atoms with E-state index < -0.39 is 24.3 Å². The van der Waals surface area contributed by atoms with Crippen LogP contribution in [-0.2, 0) is 19.1 Å². The summed E-state index contributed by atoms with van der Waals surface area (Å²) in [7, 11) is 2.54. The van der Waals surface area contributed by atoms with Crippen LogP contribution in [-0.4, -0.2) is 93.1 Å². The Hall–Kier alpha value is -4.10. The predicted octanol–water partition coefficient (Wildman–Crippen LogP) is 2.89. The predicted molar refractivity (Wildman–Crippen MR) is 152 cm³/mol. The molecule has 2 aliphatic rings. The highest BCUT2D eigenvalue weighted by Crippen LogP contribution is 2.34. The van der Waals surface area contributed by atoms with Crippen LogP contribution in [0.25, 0.3) is 11.4 Å². The van der Waals surface area contributed by atoms with Crippen LogP contribution < -0.4 is 10.6 Å². The van der Waals surface area contributed by atoms with Crippen LogP contribution in [0.1, 0.15) is 77.1 Å². The summed E-state index contributed by atoms with van der Waals surface area (Å²) in [6.07, 6.45) is 5.34. The van der Waals surface area contributed by atoms with Crippen molar-refractivity contribution in [3.05, 3.63) is 24.0 Å². The van der Waals surface area contributed by atoms with Crippen molar-refractivity contribution in [1.29, 1.82) is 0 Å². The molecular weight excluding hydrogens is 544 g/mol. The van der Waals surface area contributed by atoms with Gasteiger partial charge >= 0.3 is 12.2 Å². The monoisotopic (exact) mass is 586 g/mol. The number of carbonyl (C=O) groups is 4. The summed E-state index contributed by atoms with van der Waals surface area (Å²) in [5, 5.41) is 5.32. The lowest BCUT2D eigenvalue weighted by Crippen LogP contribution is -2.51. The van der Waals surface area contributed by atoms with E-state index in [-0.39, 0.29) is 35.7 Å². The molecule has 0 bridgehead atoms. The second kappa shape index (κ2) is 13.3. The first kappa shape index (κ1) is 30.8. The van der Waals surface area contributed by atoms with Crippen molar-refractivity contribution in [3.8, 4) is 11.4 Å². The third-order valence-electron chi connectivity index (χ3n) is 7.94. The molecule has 0 spiro atoms. The second-order valence-corrected chi connectivity index (χ2v) is 11.4. The number of nitrogens with one attached hydrogen (secondary N) is 4. The molecule has 2 aliphatic heterocycles. The molecular formula is C28H42N8O6. The van der Waals surface area contributed by atoms with Gasteiger partial charge in [-0.05, 0) is 37.5 Å². The molecule has 14 heteroatoms. The van der Waals surface area contributed by atoms with Crippen LogP contribution in [0.2, 0.25) is 0 Å². The molecule has 14 nitrogen and oxygen atoms in total. The molecule has 2 fully saturated rings. The molecule has 4 heterocycles. The number of rotatable bonds is 9. The zero-order valence-electron chi connectivity index (χ0n) is 25.1. The Morgan fingerprint density at radius 3 is 1.48 bits per heavy atom. The number of aromatic nitrogens is 4. The fourth-order valence-corrected chi connectivity index (χ4v) is 5.66. The van der Waals surface area contributed by atoms with Gasteiger partial charge in [0, 0.05) is 25.5 Å². The summed E-state index contributed by atoms with van der Waals surface area (Å²) in [4.78, 5) is 70.1. The number of alkyl carbamates (subject to hydrolysis) is 2. The van der Waals surface area contributed by atoms with Crippen molar-refractivity contribution in [2.75, 3.05) is 27.3 Å². The standard InChI is InChI=1S/C28H42N8O6/c1-15(2)21(33-27(39)41-5)25(37)35-11-7-9-19(35)23-29-13-17(31-23)18-14-30-24(32-18)20-10-8-12-36(20)26(38)22(16(3)4)34-28(40)42-6/h13-16,19-22H,7-12H2,1-6H3,(H,29,31)(H,30,32)(H,33,39)(H,34,40)/t19-,20-,21-,22-/m0/s1. The van der Waals surface area contributed by atoms with Gasteiger partial charge in [0.1, 0.15) is 35.1 Å². The van der Waals surface area contributed by atoms with Crippen LogP contribution in [0.4, 0.5) is 9.59 Å². The lowest BCUT2D eigenvalue weighted by molar-refractivity contribution is -0.136. The summed E-state index contributed by atoms with van der Waals surface area (Å²) in [5.41, 5.74) is 1.23. The van der Waals surface area contributed by atoms with E-state index >= 15 is 0 Å². The first-order valence-corrected chi connectivity index (χ1v) is 14.5. The number of imidazole rings is 2. The average molecular weight is 587 g/mol. The van der Waals surface area contributed by atoms with Crippen LogP contribution in [0.15, 0.2) is 12.4 Å². The fraction of sp³-hybridized carbons (Fsp3) is 0.643. The Labute approximate surface area is 245 Å². The Morgan fingerprint density at radius 1 is 0.762 bits per heavy atom. The number of hydrogen-bond acceptors (Lipinski definition) is 8. The first-order chi connectivity index (χ1) is 20.0. The first-order valence-electron chi connectivity index (χ1n) is 14.5. The van der Waals surface area contributed by atoms with E-state index in [2.05, 4.69) is 20.6 Å². The third kappa shape index (κ3) is 6.52. The summed E-state index contributed by atoms with van der Waals surface area (Å²) < 4.78 is 9.43. The number of methoxy groups -OCH3 is 2. The summed E-state index contributed by atoms with van der Waals surface area (Å²) in [6, 6.07) is -1.94. The third-order valence-corrected chi connectivity index (χ3v) is 7.94. The maximum Gasteiger partial charge on any atom is 0.407 e. The molecule has 0 unspecified atom stereocenters. The second-order valence-electron chi connectivity index (χ2n) is 11.4. The van der Waals surface area contributed by atoms with Gasteiger partial charge in [0.25, 0.3) is 0 Å². The van der Waals surface area contributed by atoms with Gasteiger partial charge in [-0.15, -0.1) is 0 Å². The number of aromatic amines is 2. The Kier molecular flexibility index (Phi) is 9.74. The van der Waals surface area contributed by atoms with Gasteiger partial charge in [-0.2, -0.15) is 0 Å². The maximum absolute atomic E-state index is 13.4. The molecule has 4 atom stereocenters. The smallest absolute Gasteiger partial charge is 0.407 e. The van der Waals surface area contributed by atoms with E-state index in [9.17, 15) is 19.2 Å². The maximum atomic E-state index is 13.4. The lowest BCUT2D eigenvalue weighted by Gasteiger charge is -2.30. The highest BCUT2D eigenvalue weighted by atomic mass is 16.5. The van der Waals surface area contributed by atoms with E-state index in [1.165, 1.54) is 14.2 Å². The van der Waals surface area contributed by atoms with Gasteiger partial charge in [0.05, 0.1) is 26.3 Å². The largest absolute Gasteiger partial charge is 0.453 e. The molecule has 4 N–H and O–H groups in total. The Bertz CT molecular complexity index is 1180. The molecule has 0 saturated carbocycles. The summed E-state index contributed by atoms with van der Waals surface area (Å²) in [6.45, 7) is 8.63. The number of amides is 4. The van der Waals surface area contributed by atoms with E-state index in [1.54, 1.807) is 22.2 Å². The van der Waals surface area contributed by atoms with Crippen molar-refractivity contribution in [3.63, 3.8) is 0 Å². The molecule has 230 valence electrons. The van der Waals surface area contributed by atoms with Gasteiger partial charge in [-0.25, -0.2) is 19.6 Å². The molecule has 42 heavy (non-hydrogen) atoms. The molecule has 2 saturated heterocycles. The Balaban J connectivity index is 1.49. The highest BCUT2D eigenvalue weighted by molar-refractivity contribution is 5.87. The molecule has 4 amide bonds.